The van der Waals surface area contributed by atoms with Crippen LogP contribution < -0.4 is 27.4 Å². The topological polar surface area (TPSA) is 247 Å². The number of aromatic nitrogens is 1. The number of fused-ring (bicyclic) bond motifs is 1. The van der Waals surface area contributed by atoms with Gasteiger partial charge in [-0.05, 0) is 25.0 Å². The van der Waals surface area contributed by atoms with Crippen molar-refractivity contribution in [2.75, 3.05) is 0 Å². The molecule has 0 fully saturated rings. The van der Waals surface area contributed by atoms with Gasteiger partial charge in [-0.2, -0.15) is 0 Å². The molecule has 2 aromatic rings. The third kappa shape index (κ3) is 8.61. The molecule has 14 nitrogen and oxygen atoms in total. The summed E-state index contributed by atoms with van der Waals surface area (Å²) in [7, 11) is 0. The first-order valence-electron chi connectivity index (χ1n) is 11.3. The van der Waals surface area contributed by atoms with Crippen molar-refractivity contribution in [3.63, 3.8) is 0 Å². The predicted octanol–water partition coefficient (Wildman–Crippen LogP) is -1.66. The molecule has 0 aliphatic heterocycles. The Bertz CT molecular complexity index is 1180. The molecule has 0 aliphatic carbocycles. The summed E-state index contributed by atoms with van der Waals surface area (Å²) in [5, 5.41) is 25.8. The summed E-state index contributed by atoms with van der Waals surface area (Å²) >= 11 is 0. The first-order valence-corrected chi connectivity index (χ1v) is 11.3. The van der Waals surface area contributed by atoms with Gasteiger partial charge in [0.2, 0.25) is 23.6 Å². The van der Waals surface area contributed by atoms with E-state index in [2.05, 4.69) is 20.9 Å². The highest BCUT2D eigenvalue weighted by atomic mass is 16.4. The zero-order valence-corrected chi connectivity index (χ0v) is 20.0. The van der Waals surface area contributed by atoms with E-state index in [9.17, 15) is 33.9 Å². The van der Waals surface area contributed by atoms with Crippen molar-refractivity contribution in [3.05, 3.63) is 36.0 Å². The first-order chi connectivity index (χ1) is 17.4. The quantitative estimate of drug-likeness (QED) is 0.142. The number of rotatable bonds is 14. The number of carbonyl (C=O) groups excluding carboxylic acids is 4. The molecular weight excluding hydrogens is 488 g/mol. The van der Waals surface area contributed by atoms with Gasteiger partial charge < -0.3 is 42.6 Å². The molecule has 1 aromatic carbocycles. The molecule has 0 radical (unpaired) electrons. The molecule has 0 saturated carbocycles. The van der Waals surface area contributed by atoms with Crippen molar-refractivity contribution < 1.29 is 39.0 Å². The number of nitrogens with two attached hydrogens (primary N) is 2. The lowest BCUT2D eigenvalue weighted by Gasteiger charge is -2.23. The summed E-state index contributed by atoms with van der Waals surface area (Å²) in [4.78, 5) is 74.4. The van der Waals surface area contributed by atoms with Gasteiger partial charge >= 0.3 is 11.9 Å². The Kier molecular flexibility index (Phi) is 10.1. The maximum atomic E-state index is 13.1. The number of para-hydroxylation sites is 1. The lowest BCUT2D eigenvalue weighted by molar-refractivity contribution is -0.143. The third-order valence-corrected chi connectivity index (χ3v) is 5.51. The number of hydrogen-bond acceptors (Lipinski definition) is 7. The number of carboxylic acid groups (broad SMARTS) is 2. The van der Waals surface area contributed by atoms with Gasteiger partial charge in [0.05, 0.1) is 12.5 Å². The number of primary amides is 1. The third-order valence-electron chi connectivity index (χ3n) is 5.51. The summed E-state index contributed by atoms with van der Waals surface area (Å²) in [5.74, 6) is -5.97. The molecule has 14 heteroatoms. The summed E-state index contributed by atoms with van der Waals surface area (Å²) in [6.45, 7) is 1.29. The van der Waals surface area contributed by atoms with Crippen LogP contribution >= 0.6 is 0 Å². The number of aromatic amines is 1. The van der Waals surface area contributed by atoms with E-state index in [1.807, 2.05) is 18.2 Å². The second-order valence-corrected chi connectivity index (χ2v) is 8.46. The van der Waals surface area contributed by atoms with Gasteiger partial charge in [-0.15, -0.1) is 0 Å². The Morgan fingerprint density at radius 1 is 0.946 bits per heavy atom. The fourth-order valence-electron chi connectivity index (χ4n) is 3.50. The van der Waals surface area contributed by atoms with Crippen molar-refractivity contribution in [1.29, 1.82) is 0 Å². The number of aliphatic carboxylic acids is 2. The van der Waals surface area contributed by atoms with Crippen molar-refractivity contribution in [2.24, 2.45) is 11.5 Å². The predicted molar refractivity (Wildman–Crippen MR) is 130 cm³/mol. The minimum absolute atomic E-state index is 0.000995. The number of carboxylic acids is 2. The van der Waals surface area contributed by atoms with Gasteiger partial charge in [-0.3, -0.25) is 24.0 Å². The van der Waals surface area contributed by atoms with Crippen molar-refractivity contribution in [1.82, 2.24) is 20.9 Å². The van der Waals surface area contributed by atoms with E-state index in [0.717, 1.165) is 10.9 Å². The standard InChI is InChI=1S/C23H30N6O8/c1-11(20(33)29-17(23(36)37)9-18(25)30)27-22(35)16(28-21(34)14(24)6-7-19(31)32)8-12-10-26-15-5-3-2-4-13(12)15/h2-5,10-11,14,16-17,26H,6-9,24H2,1H3,(H2,25,30)(H,27,35)(H,28,34)(H,29,33)(H,31,32)(H,36,37). The van der Waals surface area contributed by atoms with Crippen LogP contribution in [-0.4, -0.2) is 74.9 Å². The molecule has 0 aliphatic rings. The summed E-state index contributed by atoms with van der Waals surface area (Å²) in [6.07, 6.45) is 0.522. The SMILES string of the molecule is CC(NC(=O)C(Cc1c[nH]c2ccccc12)NC(=O)C(N)CCC(=O)O)C(=O)NC(CC(N)=O)C(=O)O. The van der Waals surface area contributed by atoms with Crippen molar-refractivity contribution >= 4 is 46.5 Å². The van der Waals surface area contributed by atoms with Crippen LogP contribution in [0.15, 0.2) is 30.5 Å². The zero-order chi connectivity index (χ0) is 27.7. The molecule has 0 bridgehead atoms. The molecule has 200 valence electrons. The molecule has 2 rings (SSSR count). The Labute approximate surface area is 211 Å². The average Bonchev–Trinajstić information content (AvgIpc) is 3.23. The van der Waals surface area contributed by atoms with Gasteiger partial charge in [0.15, 0.2) is 0 Å². The molecule has 10 N–H and O–H groups in total. The lowest BCUT2D eigenvalue weighted by Crippen LogP contribution is -2.57. The van der Waals surface area contributed by atoms with Gasteiger partial charge in [0.25, 0.3) is 0 Å². The van der Waals surface area contributed by atoms with Crippen molar-refractivity contribution in [2.45, 2.75) is 56.8 Å². The van der Waals surface area contributed by atoms with Gasteiger partial charge in [-0.25, -0.2) is 4.79 Å². The molecule has 1 aromatic heterocycles. The number of amides is 4. The molecular formula is C23H30N6O8. The van der Waals surface area contributed by atoms with Crippen LogP contribution in [-0.2, 0) is 35.2 Å². The van der Waals surface area contributed by atoms with Gasteiger partial charge in [0.1, 0.15) is 18.1 Å². The zero-order valence-electron chi connectivity index (χ0n) is 20.0. The Balaban J connectivity index is 2.18. The van der Waals surface area contributed by atoms with E-state index in [4.69, 9.17) is 16.6 Å². The summed E-state index contributed by atoms with van der Waals surface area (Å²) in [6, 6.07) is 2.02. The number of hydrogen-bond donors (Lipinski definition) is 8. The van der Waals surface area contributed by atoms with Gasteiger partial charge in [-0.1, -0.05) is 18.2 Å². The largest absolute Gasteiger partial charge is 0.481 e. The molecule has 4 amide bonds. The van der Waals surface area contributed by atoms with Crippen LogP contribution in [0.2, 0.25) is 0 Å². The highest BCUT2D eigenvalue weighted by molar-refractivity contribution is 5.95. The van der Waals surface area contributed by atoms with Gasteiger partial charge in [0, 0.05) is 29.9 Å². The smallest absolute Gasteiger partial charge is 0.326 e. The summed E-state index contributed by atoms with van der Waals surface area (Å²) in [5.41, 5.74) is 12.3. The van der Waals surface area contributed by atoms with E-state index in [1.165, 1.54) is 6.92 Å². The summed E-state index contributed by atoms with van der Waals surface area (Å²) < 4.78 is 0. The van der Waals surface area contributed by atoms with E-state index in [1.54, 1.807) is 12.3 Å². The fourth-order valence-corrected chi connectivity index (χ4v) is 3.50. The number of H-pyrrole nitrogens is 1. The fraction of sp³-hybridized carbons (Fsp3) is 0.391. The first kappa shape index (κ1) is 28.8. The molecule has 1 heterocycles. The maximum Gasteiger partial charge on any atom is 0.326 e. The average molecular weight is 519 g/mol. The number of carbonyl (C=O) groups is 6. The molecule has 0 saturated heterocycles. The van der Waals surface area contributed by atoms with Crippen LogP contribution in [0.1, 0.15) is 31.7 Å². The minimum Gasteiger partial charge on any atom is -0.481 e. The van der Waals surface area contributed by atoms with Crippen molar-refractivity contribution in [3.8, 4) is 0 Å². The Hall–Kier alpha value is -4.46. The minimum atomic E-state index is -1.58. The van der Waals surface area contributed by atoms with Crippen LogP contribution in [0, 0.1) is 0 Å². The monoisotopic (exact) mass is 518 g/mol. The number of nitrogens with one attached hydrogen (secondary N) is 4. The Morgan fingerprint density at radius 3 is 2.22 bits per heavy atom. The van der Waals surface area contributed by atoms with Crippen LogP contribution in [0.25, 0.3) is 10.9 Å². The lowest BCUT2D eigenvalue weighted by atomic mass is 10.0. The Morgan fingerprint density at radius 2 is 1.59 bits per heavy atom. The number of benzene rings is 1. The van der Waals surface area contributed by atoms with E-state index in [-0.39, 0.29) is 19.3 Å². The second-order valence-electron chi connectivity index (χ2n) is 8.46. The highest BCUT2D eigenvalue weighted by Gasteiger charge is 2.29. The molecule has 4 unspecified atom stereocenters. The van der Waals surface area contributed by atoms with E-state index in [0.29, 0.717) is 5.56 Å². The van der Waals surface area contributed by atoms with Crippen LogP contribution in [0.4, 0.5) is 0 Å². The van der Waals surface area contributed by atoms with Crippen LogP contribution in [0.3, 0.4) is 0 Å². The molecule has 37 heavy (non-hydrogen) atoms. The molecule has 4 atom stereocenters. The highest BCUT2D eigenvalue weighted by Crippen LogP contribution is 2.19. The normalized spacial score (nSPS) is 14.1. The second kappa shape index (κ2) is 13.0. The van der Waals surface area contributed by atoms with E-state index >= 15 is 0 Å². The van der Waals surface area contributed by atoms with Crippen LogP contribution in [0.5, 0.6) is 0 Å². The molecule has 0 spiro atoms. The maximum absolute atomic E-state index is 13.1. The van der Waals surface area contributed by atoms with E-state index < -0.39 is 66.2 Å².